The van der Waals surface area contributed by atoms with E-state index in [0.717, 1.165) is 4.57 Å². The topological polar surface area (TPSA) is 88.5 Å². The fraction of sp³-hybridized carbons (Fsp3) is 0.556. The average molecular weight is 227 g/mol. The van der Waals surface area contributed by atoms with Gasteiger partial charge in [-0.3, -0.25) is 13.9 Å². The molecule has 88 valence electrons. The van der Waals surface area contributed by atoms with Gasteiger partial charge in [0.1, 0.15) is 11.4 Å². The highest BCUT2D eigenvalue weighted by atomic mass is 16.7. The zero-order valence-corrected chi connectivity index (χ0v) is 9.10. The van der Waals surface area contributed by atoms with Gasteiger partial charge in [0.2, 0.25) is 0 Å². The Bertz CT molecular complexity index is 525. The van der Waals surface area contributed by atoms with Crippen molar-refractivity contribution in [1.29, 1.82) is 0 Å². The number of aromatic nitrogens is 2. The third kappa shape index (κ3) is 1.44. The Balaban J connectivity index is 2.69. The van der Waals surface area contributed by atoms with Gasteiger partial charge >= 0.3 is 5.69 Å². The normalized spacial score (nSPS) is 16.9. The lowest BCUT2D eigenvalue weighted by Crippen LogP contribution is -2.41. The molecule has 0 aliphatic carbocycles. The van der Waals surface area contributed by atoms with Crippen LogP contribution in [0, 0.1) is 0 Å². The second kappa shape index (κ2) is 3.76. The van der Waals surface area contributed by atoms with E-state index in [-0.39, 0.29) is 11.4 Å². The molecule has 0 amide bonds. The minimum absolute atomic E-state index is 0.0833. The smallest absolute Gasteiger partial charge is 0.332 e. The Morgan fingerprint density at radius 2 is 1.75 bits per heavy atom. The van der Waals surface area contributed by atoms with Gasteiger partial charge in [-0.25, -0.2) is 4.79 Å². The first-order chi connectivity index (χ1) is 7.54. The van der Waals surface area contributed by atoms with Crippen LogP contribution in [0.5, 0.6) is 0 Å². The van der Waals surface area contributed by atoms with Crippen LogP contribution in [0.15, 0.2) is 9.59 Å². The van der Waals surface area contributed by atoms with Crippen LogP contribution in [0.2, 0.25) is 0 Å². The van der Waals surface area contributed by atoms with Crippen molar-refractivity contribution in [3.05, 3.63) is 26.4 Å². The summed E-state index contributed by atoms with van der Waals surface area (Å²) in [7, 11) is 2.89. The van der Waals surface area contributed by atoms with Gasteiger partial charge in [-0.15, -0.1) is 0 Å². The van der Waals surface area contributed by atoms with Crippen molar-refractivity contribution in [3.63, 3.8) is 0 Å². The van der Waals surface area contributed by atoms with Crippen LogP contribution < -0.4 is 17.0 Å². The van der Waals surface area contributed by atoms with Crippen molar-refractivity contribution < 1.29 is 9.47 Å². The SMILES string of the molecule is Cn1c(N)c(C2OCCO2)c(=O)n(C)c1=O. The van der Waals surface area contributed by atoms with Gasteiger partial charge in [0, 0.05) is 14.1 Å². The molecule has 1 aliphatic rings. The molecule has 1 fully saturated rings. The molecule has 0 saturated carbocycles. The molecule has 0 atom stereocenters. The zero-order chi connectivity index (χ0) is 11.9. The molecule has 1 saturated heterocycles. The highest BCUT2D eigenvalue weighted by Gasteiger charge is 2.26. The van der Waals surface area contributed by atoms with Crippen LogP contribution in [0.1, 0.15) is 11.9 Å². The predicted octanol–water partition coefficient (Wildman–Crippen LogP) is -1.29. The van der Waals surface area contributed by atoms with Gasteiger partial charge in [-0.05, 0) is 0 Å². The van der Waals surface area contributed by atoms with Crippen molar-refractivity contribution in [2.45, 2.75) is 6.29 Å². The van der Waals surface area contributed by atoms with Crippen molar-refractivity contribution in [1.82, 2.24) is 9.13 Å². The largest absolute Gasteiger partial charge is 0.384 e. The van der Waals surface area contributed by atoms with Crippen molar-refractivity contribution >= 4 is 5.82 Å². The number of nitrogen functional groups attached to an aromatic ring is 1. The number of anilines is 1. The average Bonchev–Trinajstić information content (AvgIpc) is 2.77. The Labute approximate surface area is 91.0 Å². The minimum Gasteiger partial charge on any atom is -0.384 e. The maximum atomic E-state index is 11.9. The fourth-order valence-electron chi connectivity index (χ4n) is 1.63. The molecule has 0 aromatic carbocycles. The summed E-state index contributed by atoms with van der Waals surface area (Å²) in [6.45, 7) is 0.826. The van der Waals surface area contributed by atoms with Crippen LogP contribution in [-0.4, -0.2) is 22.3 Å². The van der Waals surface area contributed by atoms with Gasteiger partial charge in [-0.2, -0.15) is 0 Å². The maximum Gasteiger partial charge on any atom is 0.332 e. The van der Waals surface area contributed by atoms with Gasteiger partial charge in [0.15, 0.2) is 6.29 Å². The summed E-state index contributed by atoms with van der Waals surface area (Å²) >= 11 is 0. The first kappa shape index (κ1) is 10.9. The highest BCUT2D eigenvalue weighted by molar-refractivity contribution is 5.39. The van der Waals surface area contributed by atoms with Crippen LogP contribution in [0.3, 0.4) is 0 Å². The molecule has 7 nitrogen and oxygen atoms in total. The first-order valence-corrected chi connectivity index (χ1v) is 4.82. The number of rotatable bonds is 1. The molecule has 1 aliphatic heterocycles. The standard InChI is InChI=1S/C9H13N3O4/c1-11-6(10)5(8-15-3-4-16-8)7(13)12(2)9(11)14/h8H,3-4,10H2,1-2H3. The summed E-state index contributed by atoms with van der Waals surface area (Å²) in [4.78, 5) is 23.4. The molecular weight excluding hydrogens is 214 g/mol. The summed E-state index contributed by atoms with van der Waals surface area (Å²) in [6, 6.07) is 0. The van der Waals surface area contributed by atoms with E-state index < -0.39 is 17.5 Å². The Kier molecular flexibility index (Phi) is 2.56. The molecule has 16 heavy (non-hydrogen) atoms. The molecule has 1 aromatic heterocycles. The molecular formula is C9H13N3O4. The second-order valence-corrected chi connectivity index (χ2v) is 3.58. The lowest BCUT2D eigenvalue weighted by atomic mass is 10.3. The number of nitrogens with two attached hydrogens (primary N) is 1. The van der Waals surface area contributed by atoms with Gasteiger partial charge in [0.25, 0.3) is 5.56 Å². The molecule has 7 heteroatoms. The van der Waals surface area contributed by atoms with Crippen molar-refractivity contribution in [2.75, 3.05) is 18.9 Å². The summed E-state index contributed by atoms with van der Waals surface area (Å²) in [6.07, 6.45) is -0.773. The quantitative estimate of drug-likeness (QED) is 0.645. The van der Waals surface area contributed by atoms with E-state index in [0.29, 0.717) is 13.2 Å². The third-order valence-corrected chi connectivity index (χ3v) is 2.60. The minimum atomic E-state index is -0.773. The molecule has 0 radical (unpaired) electrons. The number of nitrogens with zero attached hydrogens (tertiary/aromatic N) is 2. The Morgan fingerprint density at radius 3 is 2.31 bits per heavy atom. The number of ether oxygens (including phenoxy) is 2. The lowest BCUT2D eigenvalue weighted by molar-refractivity contribution is -0.0452. The van der Waals surface area contributed by atoms with Crippen molar-refractivity contribution in [2.24, 2.45) is 14.1 Å². The van der Waals surface area contributed by atoms with E-state index in [1.165, 1.54) is 18.7 Å². The van der Waals surface area contributed by atoms with Crippen LogP contribution in [0.4, 0.5) is 5.82 Å². The van der Waals surface area contributed by atoms with Gasteiger partial charge < -0.3 is 15.2 Å². The van der Waals surface area contributed by atoms with E-state index >= 15 is 0 Å². The highest BCUT2D eigenvalue weighted by Crippen LogP contribution is 2.23. The van der Waals surface area contributed by atoms with Crippen LogP contribution in [0.25, 0.3) is 0 Å². The van der Waals surface area contributed by atoms with E-state index in [9.17, 15) is 9.59 Å². The predicted molar refractivity (Wildman–Crippen MR) is 56.0 cm³/mol. The van der Waals surface area contributed by atoms with Gasteiger partial charge in [-0.1, -0.05) is 0 Å². The summed E-state index contributed by atoms with van der Waals surface area (Å²) in [5.74, 6) is 0.0833. The molecule has 2 heterocycles. The molecule has 1 aromatic rings. The molecule has 0 unspecified atom stereocenters. The summed E-state index contributed by atoms with van der Waals surface area (Å²) < 4.78 is 12.6. The zero-order valence-electron chi connectivity index (χ0n) is 9.10. The first-order valence-electron chi connectivity index (χ1n) is 4.82. The van der Waals surface area contributed by atoms with Crippen LogP contribution in [-0.2, 0) is 23.6 Å². The molecule has 0 bridgehead atoms. The van der Waals surface area contributed by atoms with Gasteiger partial charge in [0.05, 0.1) is 13.2 Å². The fourth-order valence-corrected chi connectivity index (χ4v) is 1.63. The Hall–Kier alpha value is -1.60. The van der Waals surface area contributed by atoms with E-state index in [1.54, 1.807) is 0 Å². The van der Waals surface area contributed by atoms with Crippen molar-refractivity contribution in [3.8, 4) is 0 Å². The van der Waals surface area contributed by atoms with Crippen LogP contribution >= 0.6 is 0 Å². The number of hydrogen-bond donors (Lipinski definition) is 1. The maximum absolute atomic E-state index is 11.9. The molecule has 0 spiro atoms. The second-order valence-electron chi connectivity index (χ2n) is 3.58. The number of hydrogen-bond acceptors (Lipinski definition) is 5. The lowest BCUT2D eigenvalue weighted by Gasteiger charge is -2.14. The van der Waals surface area contributed by atoms with E-state index in [4.69, 9.17) is 15.2 Å². The summed E-state index contributed by atoms with van der Waals surface area (Å²) in [5.41, 5.74) is 4.96. The molecule has 2 rings (SSSR count). The summed E-state index contributed by atoms with van der Waals surface area (Å²) in [5, 5.41) is 0. The molecule has 2 N–H and O–H groups in total. The van der Waals surface area contributed by atoms with E-state index in [2.05, 4.69) is 0 Å². The van der Waals surface area contributed by atoms with E-state index in [1.807, 2.05) is 0 Å². The monoisotopic (exact) mass is 227 g/mol. The Morgan fingerprint density at radius 1 is 1.19 bits per heavy atom. The third-order valence-electron chi connectivity index (χ3n) is 2.60.